The highest BCUT2D eigenvalue weighted by Gasteiger charge is 2.42. The van der Waals surface area contributed by atoms with E-state index in [9.17, 15) is 9.59 Å². The quantitative estimate of drug-likeness (QED) is 0.799. The Kier molecular flexibility index (Phi) is 4.48. The summed E-state index contributed by atoms with van der Waals surface area (Å²) in [5, 5.41) is 0.693. The van der Waals surface area contributed by atoms with Gasteiger partial charge >= 0.3 is 0 Å². The van der Waals surface area contributed by atoms with E-state index < -0.39 is 0 Å². The van der Waals surface area contributed by atoms with Crippen LogP contribution < -0.4 is 0 Å². The van der Waals surface area contributed by atoms with Gasteiger partial charge in [-0.1, -0.05) is 0 Å². The van der Waals surface area contributed by atoms with Crippen molar-refractivity contribution < 1.29 is 9.59 Å². The SMILES string of the molecule is CS[C@@H]1CC[C@@H](N(C)C(=O)[C@H]2CCCN2C(=O)C2CC2)C1. The highest BCUT2D eigenvalue weighted by molar-refractivity contribution is 7.99. The predicted molar refractivity (Wildman–Crippen MR) is 85.2 cm³/mol. The third-order valence-corrected chi connectivity index (χ3v) is 6.43. The van der Waals surface area contributed by atoms with Gasteiger partial charge in [0.05, 0.1) is 0 Å². The Morgan fingerprint density at radius 3 is 2.52 bits per heavy atom. The Bertz CT molecular complexity index is 425. The molecule has 2 aliphatic carbocycles. The van der Waals surface area contributed by atoms with E-state index in [2.05, 4.69) is 6.26 Å². The fourth-order valence-electron chi connectivity index (χ4n) is 3.75. The number of hydrogen-bond donors (Lipinski definition) is 0. The molecule has 0 aromatic carbocycles. The molecule has 0 radical (unpaired) electrons. The van der Waals surface area contributed by atoms with Gasteiger partial charge in [-0.3, -0.25) is 9.59 Å². The summed E-state index contributed by atoms with van der Waals surface area (Å²) >= 11 is 1.91. The van der Waals surface area contributed by atoms with Gasteiger partial charge in [-0.25, -0.2) is 0 Å². The first-order valence-electron chi connectivity index (χ1n) is 8.21. The van der Waals surface area contributed by atoms with Crippen molar-refractivity contribution in [2.45, 2.75) is 62.3 Å². The van der Waals surface area contributed by atoms with Crippen LogP contribution in [0.25, 0.3) is 0 Å². The maximum atomic E-state index is 12.8. The van der Waals surface area contributed by atoms with Gasteiger partial charge in [0.2, 0.25) is 11.8 Å². The van der Waals surface area contributed by atoms with E-state index in [1.54, 1.807) is 0 Å². The van der Waals surface area contributed by atoms with Gasteiger partial charge < -0.3 is 9.80 Å². The molecule has 4 nitrogen and oxygen atoms in total. The molecule has 0 bridgehead atoms. The lowest BCUT2D eigenvalue weighted by molar-refractivity contribution is -0.144. The Morgan fingerprint density at radius 2 is 1.90 bits per heavy atom. The lowest BCUT2D eigenvalue weighted by atomic mass is 10.1. The molecule has 1 heterocycles. The average Bonchev–Trinajstić information content (AvgIpc) is 3.05. The summed E-state index contributed by atoms with van der Waals surface area (Å²) in [6.07, 6.45) is 9.43. The molecular weight excluding hydrogens is 284 g/mol. The van der Waals surface area contributed by atoms with Crippen LogP contribution in [-0.2, 0) is 9.59 Å². The van der Waals surface area contributed by atoms with E-state index in [1.165, 1.54) is 6.42 Å². The van der Waals surface area contributed by atoms with Crippen LogP contribution >= 0.6 is 11.8 Å². The number of hydrogen-bond acceptors (Lipinski definition) is 3. The molecule has 1 saturated heterocycles. The molecular formula is C16H26N2O2S. The summed E-state index contributed by atoms with van der Waals surface area (Å²) in [6, 6.07) is 0.185. The van der Waals surface area contributed by atoms with Crippen LogP contribution in [0.5, 0.6) is 0 Å². The van der Waals surface area contributed by atoms with Gasteiger partial charge in [-0.2, -0.15) is 11.8 Å². The Hall–Kier alpha value is -0.710. The van der Waals surface area contributed by atoms with Crippen molar-refractivity contribution >= 4 is 23.6 Å². The van der Waals surface area contributed by atoms with Gasteiger partial charge in [0.25, 0.3) is 0 Å². The van der Waals surface area contributed by atoms with Crippen molar-refractivity contribution in [3.63, 3.8) is 0 Å². The lowest BCUT2D eigenvalue weighted by Crippen LogP contribution is -2.49. The fourth-order valence-corrected chi connectivity index (χ4v) is 4.54. The van der Waals surface area contributed by atoms with Crippen molar-refractivity contribution in [1.82, 2.24) is 9.80 Å². The Balaban J connectivity index is 1.62. The van der Waals surface area contributed by atoms with Gasteiger partial charge in [0.15, 0.2) is 0 Å². The molecule has 2 saturated carbocycles. The predicted octanol–water partition coefficient (Wildman–Crippen LogP) is 2.13. The second-order valence-electron chi connectivity index (χ2n) is 6.74. The average molecular weight is 310 g/mol. The second-order valence-corrected chi connectivity index (χ2v) is 7.88. The lowest BCUT2D eigenvalue weighted by Gasteiger charge is -2.31. The van der Waals surface area contributed by atoms with E-state index in [4.69, 9.17) is 0 Å². The number of nitrogens with zero attached hydrogens (tertiary/aromatic N) is 2. The molecule has 3 atom stereocenters. The molecule has 5 heteroatoms. The maximum Gasteiger partial charge on any atom is 0.245 e. The number of thioether (sulfide) groups is 1. The summed E-state index contributed by atoms with van der Waals surface area (Å²) in [6.45, 7) is 0.775. The number of carbonyl (C=O) groups is 2. The first kappa shape index (κ1) is 15.2. The van der Waals surface area contributed by atoms with E-state index in [0.717, 1.165) is 45.1 Å². The topological polar surface area (TPSA) is 40.6 Å². The van der Waals surface area contributed by atoms with Crippen molar-refractivity contribution in [3.8, 4) is 0 Å². The van der Waals surface area contributed by atoms with Crippen LogP contribution in [0.3, 0.4) is 0 Å². The first-order chi connectivity index (χ1) is 10.1. The number of amides is 2. The number of likely N-dealkylation sites (N-methyl/N-ethyl adjacent to an activating group) is 1. The van der Waals surface area contributed by atoms with E-state index >= 15 is 0 Å². The van der Waals surface area contributed by atoms with Crippen LogP contribution in [0.1, 0.15) is 44.9 Å². The Morgan fingerprint density at radius 1 is 1.14 bits per heavy atom. The van der Waals surface area contributed by atoms with Gasteiger partial charge in [0, 0.05) is 30.8 Å². The third-order valence-electron chi connectivity index (χ3n) is 5.33. The summed E-state index contributed by atoms with van der Waals surface area (Å²) in [5.74, 6) is 0.622. The molecule has 0 N–H and O–H groups in total. The summed E-state index contributed by atoms with van der Waals surface area (Å²) in [7, 11) is 1.94. The number of carbonyl (C=O) groups excluding carboxylic acids is 2. The smallest absolute Gasteiger partial charge is 0.245 e. The largest absolute Gasteiger partial charge is 0.341 e. The third kappa shape index (κ3) is 3.08. The van der Waals surface area contributed by atoms with Crippen LogP contribution in [0, 0.1) is 5.92 Å². The highest BCUT2D eigenvalue weighted by atomic mass is 32.2. The molecule has 2 amide bonds. The van der Waals surface area contributed by atoms with Crippen LogP contribution in [0.15, 0.2) is 0 Å². The summed E-state index contributed by atoms with van der Waals surface area (Å²) in [4.78, 5) is 28.9. The molecule has 3 aliphatic rings. The van der Waals surface area contributed by atoms with E-state index in [0.29, 0.717) is 11.3 Å². The van der Waals surface area contributed by atoms with Crippen LogP contribution in [0.2, 0.25) is 0 Å². The van der Waals surface area contributed by atoms with Crippen molar-refractivity contribution in [3.05, 3.63) is 0 Å². The molecule has 118 valence electrons. The standard InChI is InChI=1S/C16H26N2O2S/c1-17(12-7-8-13(10-12)21-2)16(20)14-4-3-9-18(14)15(19)11-5-6-11/h11-14H,3-10H2,1-2H3/t12-,13-,14-/m1/s1. The zero-order valence-corrected chi connectivity index (χ0v) is 13.9. The molecule has 0 unspecified atom stereocenters. The zero-order chi connectivity index (χ0) is 15.0. The van der Waals surface area contributed by atoms with Gasteiger partial charge in [0.1, 0.15) is 6.04 Å². The zero-order valence-electron chi connectivity index (χ0n) is 13.1. The molecule has 3 fully saturated rings. The minimum atomic E-state index is -0.184. The highest BCUT2D eigenvalue weighted by Crippen LogP contribution is 2.35. The maximum absolute atomic E-state index is 12.8. The van der Waals surface area contributed by atoms with E-state index in [-0.39, 0.29) is 23.8 Å². The van der Waals surface area contributed by atoms with Crippen molar-refractivity contribution in [2.75, 3.05) is 19.8 Å². The van der Waals surface area contributed by atoms with Crippen molar-refractivity contribution in [1.29, 1.82) is 0 Å². The number of likely N-dealkylation sites (tertiary alicyclic amines) is 1. The van der Waals surface area contributed by atoms with Gasteiger partial charge in [-0.15, -0.1) is 0 Å². The second kappa shape index (κ2) is 6.19. The first-order valence-corrected chi connectivity index (χ1v) is 9.50. The molecule has 3 rings (SSSR count). The summed E-state index contributed by atoms with van der Waals surface area (Å²) in [5.41, 5.74) is 0. The molecule has 21 heavy (non-hydrogen) atoms. The number of rotatable bonds is 4. The van der Waals surface area contributed by atoms with Crippen LogP contribution in [-0.4, -0.2) is 58.8 Å². The molecule has 0 spiro atoms. The molecule has 0 aromatic heterocycles. The van der Waals surface area contributed by atoms with Crippen LogP contribution in [0.4, 0.5) is 0 Å². The molecule has 1 aliphatic heterocycles. The fraction of sp³-hybridized carbons (Fsp3) is 0.875. The van der Waals surface area contributed by atoms with Crippen molar-refractivity contribution in [2.24, 2.45) is 5.92 Å². The summed E-state index contributed by atoms with van der Waals surface area (Å²) < 4.78 is 0. The minimum absolute atomic E-state index is 0.174. The van der Waals surface area contributed by atoms with E-state index in [1.807, 2.05) is 28.6 Å². The Labute approximate surface area is 131 Å². The monoisotopic (exact) mass is 310 g/mol. The van der Waals surface area contributed by atoms with Gasteiger partial charge in [-0.05, 0) is 51.2 Å². The molecule has 0 aromatic rings. The normalized spacial score (nSPS) is 32.5. The minimum Gasteiger partial charge on any atom is -0.341 e.